The molecule has 0 unspecified atom stereocenters. The van der Waals surface area contributed by atoms with Crippen LogP contribution in [0, 0.1) is 11.8 Å². The second-order valence-corrected chi connectivity index (χ2v) is 4.85. The van der Waals surface area contributed by atoms with Crippen LogP contribution in [0.1, 0.15) is 20.9 Å². The smallest absolute Gasteiger partial charge is 0.273 e. The zero-order valence-electron chi connectivity index (χ0n) is 9.34. The summed E-state index contributed by atoms with van der Waals surface area (Å²) in [5.41, 5.74) is 6.57. The van der Waals surface area contributed by atoms with Gasteiger partial charge in [-0.1, -0.05) is 16.3 Å². The van der Waals surface area contributed by atoms with Crippen LogP contribution in [0.3, 0.4) is 0 Å². The van der Waals surface area contributed by atoms with Crippen molar-refractivity contribution >= 4 is 28.8 Å². The van der Waals surface area contributed by atoms with Crippen LogP contribution in [0.2, 0.25) is 0 Å². The number of nitrogens with zero attached hydrogens (tertiary/aromatic N) is 2. The predicted octanol–water partition coefficient (Wildman–Crippen LogP) is 0.840. The van der Waals surface area contributed by atoms with Crippen molar-refractivity contribution in [2.45, 2.75) is 6.54 Å². The molecule has 2 aromatic heterocycles. The van der Waals surface area contributed by atoms with E-state index in [2.05, 4.69) is 26.7 Å². The molecular weight excluding hydrogens is 268 g/mol. The van der Waals surface area contributed by atoms with E-state index >= 15 is 0 Å². The van der Waals surface area contributed by atoms with Crippen molar-refractivity contribution in [3.8, 4) is 11.8 Å². The number of amides is 1. The van der Waals surface area contributed by atoms with E-state index in [1.54, 1.807) is 16.7 Å². The number of carbonyl (C=O) groups is 1. The van der Waals surface area contributed by atoms with Gasteiger partial charge in [-0.05, 0) is 23.0 Å². The molecule has 1 amide bonds. The lowest BCUT2D eigenvalue weighted by molar-refractivity contribution is 0.0946. The molecule has 2 rings (SSSR count). The van der Waals surface area contributed by atoms with Crippen LogP contribution < -0.4 is 11.1 Å². The highest BCUT2D eigenvalue weighted by Gasteiger charge is 2.09. The van der Waals surface area contributed by atoms with Gasteiger partial charge in [-0.2, -0.15) is 0 Å². The Hall–Kier alpha value is -1.75. The minimum atomic E-state index is -0.227. The second-order valence-electron chi connectivity index (χ2n) is 3.24. The fourth-order valence-electron chi connectivity index (χ4n) is 1.25. The number of nitrogens with two attached hydrogens (primary N) is 1. The van der Waals surface area contributed by atoms with E-state index in [1.165, 1.54) is 0 Å². The number of nitrogens with one attached hydrogen (secondary N) is 1. The third kappa shape index (κ3) is 3.13. The van der Waals surface area contributed by atoms with E-state index < -0.39 is 0 Å². The van der Waals surface area contributed by atoms with Gasteiger partial charge in [0.2, 0.25) is 0 Å². The molecule has 0 saturated heterocycles. The standard InChI is InChI=1S/C11H10N4OS2/c12-4-1-2-8-3-5-17-10(8)6-13-11(16)9-7-18-15-14-9/h3,5,7H,4,6,12H2,(H,13,16). The van der Waals surface area contributed by atoms with Crippen molar-refractivity contribution in [1.29, 1.82) is 0 Å². The van der Waals surface area contributed by atoms with Crippen molar-refractivity contribution in [3.63, 3.8) is 0 Å². The minimum Gasteiger partial charge on any atom is -0.346 e. The van der Waals surface area contributed by atoms with Gasteiger partial charge in [0.1, 0.15) is 0 Å². The molecule has 0 saturated carbocycles. The van der Waals surface area contributed by atoms with Crippen LogP contribution in [0.4, 0.5) is 0 Å². The van der Waals surface area contributed by atoms with Crippen LogP contribution in [-0.2, 0) is 6.54 Å². The predicted molar refractivity (Wildman–Crippen MR) is 71.3 cm³/mol. The summed E-state index contributed by atoms with van der Waals surface area (Å²) in [6, 6.07) is 1.92. The first-order chi connectivity index (χ1) is 8.81. The first-order valence-corrected chi connectivity index (χ1v) is 6.83. The molecule has 3 N–H and O–H groups in total. The summed E-state index contributed by atoms with van der Waals surface area (Å²) in [6.07, 6.45) is 0. The van der Waals surface area contributed by atoms with E-state index in [9.17, 15) is 4.79 Å². The van der Waals surface area contributed by atoms with Gasteiger partial charge < -0.3 is 11.1 Å². The monoisotopic (exact) mass is 278 g/mol. The van der Waals surface area contributed by atoms with Crippen LogP contribution in [0.25, 0.3) is 0 Å². The maximum Gasteiger partial charge on any atom is 0.273 e. The number of rotatable bonds is 3. The summed E-state index contributed by atoms with van der Waals surface area (Å²) in [5, 5.41) is 10.0. The molecule has 0 atom stereocenters. The highest BCUT2D eigenvalue weighted by molar-refractivity contribution is 7.10. The van der Waals surface area contributed by atoms with Crippen molar-refractivity contribution in [2.24, 2.45) is 5.73 Å². The van der Waals surface area contributed by atoms with Crippen LogP contribution in [0.15, 0.2) is 16.8 Å². The highest BCUT2D eigenvalue weighted by Crippen LogP contribution is 2.15. The lowest BCUT2D eigenvalue weighted by atomic mass is 10.2. The normalized spacial score (nSPS) is 9.61. The average molecular weight is 278 g/mol. The Morgan fingerprint density at radius 3 is 3.17 bits per heavy atom. The SMILES string of the molecule is NCC#Cc1ccsc1CNC(=O)c1csnn1. The third-order valence-electron chi connectivity index (χ3n) is 2.07. The maximum atomic E-state index is 11.7. The van der Waals surface area contributed by atoms with E-state index in [1.807, 2.05) is 11.4 Å². The summed E-state index contributed by atoms with van der Waals surface area (Å²) < 4.78 is 3.64. The van der Waals surface area contributed by atoms with Gasteiger partial charge in [-0.3, -0.25) is 4.79 Å². The third-order valence-corrected chi connectivity index (χ3v) is 3.50. The summed E-state index contributed by atoms with van der Waals surface area (Å²) in [4.78, 5) is 12.7. The molecule has 18 heavy (non-hydrogen) atoms. The Bertz CT molecular complexity index is 580. The maximum absolute atomic E-state index is 11.7. The molecule has 0 aromatic carbocycles. The fourth-order valence-corrected chi connectivity index (χ4v) is 2.46. The fraction of sp³-hybridized carbons (Fsp3) is 0.182. The van der Waals surface area contributed by atoms with Crippen LogP contribution in [-0.4, -0.2) is 22.0 Å². The Balaban J connectivity index is 1.98. The molecule has 0 radical (unpaired) electrons. The van der Waals surface area contributed by atoms with Gasteiger partial charge in [0.25, 0.3) is 5.91 Å². The Morgan fingerprint density at radius 2 is 2.44 bits per heavy atom. The molecule has 0 aliphatic carbocycles. The first-order valence-electron chi connectivity index (χ1n) is 5.12. The van der Waals surface area contributed by atoms with Gasteiger partial charge in [0.15, 0.2) is 5.69 Å². The Labute approximate surface area is 112 Å². The molecule has 92 valence electrons. The molecular formula is C11H10N4OS2. The second kappa shape index (κ2) is 6.26. The largest absolute Gasteiger partial charge is 0.346 e. The van der Waals surface area contributed by atoms with E-state index in [-0.39, 0.29) is 5.91 Å². The summed E-state index contributed by atoms with van der Waals surface area (Å²) in [6.45, 7) is 0.759. The van der Waals surface area contributed by atoms with Gasteiger partial charge in [-0.25, -0.2) is 0 Å². The van der Waals surface area contributed by atoms with Crippen LogP contribution in [0.5, 0.6) is 0 Å². The molecule has 7 heteroatoms. The van der Waals surface area contributed by atoms with Gasteiger partial charge >= 0.3 is 0 Å². The molecule has 2 heterocycles. The average Bonchev–Trinajstić information content (AvgIpc) is 3.04. The molecule has 0 aliphatic rings. The van der Waals surface area contributed by atoms with Gasteiger partial charge in [0, 0.05) is 15.8 Å². The number of thiophene rings is 1. The molecule has 2 aromatic rings. The van der Waals surface area contributed by atoms with E-state index in [0.29, 0.717) is 18.8 Å². The lowest BCUT2D eigenvalue weighted by Crippen LogP contribution is -2.23. The zero-order valence-corrected chi connectivity index (χ0v) is 11.0. The Morgan fingerprint density at radius 1 is 1.56 bits per heavy atom. The number of aromatic nitrogens is 2. The molecule has 0 bridgehead atoms. The van der Waals surface area contributed by atoms with Crippen LogP contribution >= 0.6 is 22.9 Å². The lowest BCUT2D eigenvalue weighted by Gasteiger charge is -2.01. The van der Waals surface area contributed by atoms with E-state index in [0.717, 1.165) is 22.0 Å². The zero-order chi connectivity index (χ0) is 12.8. The topological polar surface area (TPSA) is 80.9 Å². The van der Waals surface area contributed by atoms with Crippen molar-refractivity contribution in [2.75, 3.05) is 6.54 Å². The highest BCUT2D eigenvalue weighted by atomic mass is 32.1. The summed E-state index contributed by atoms with van der Waals surface area (Å²) >= 11 is 2.70. The molecule has 0 fully saturated rings. The Kier molecular flexibility index (Phi) is 4.41. The van der Waals surface area contributed by atoms with Crippen molar-refractivity contribution in [1.82, 2.24) is 14.9 Å². The summed E-state index contributed by atoms with van der Waals surface area (Å²) in [7, 11) is 0. The quantitative estimate of drug-likeness (QED) is 0.815. The van der Waals surface area contributed by atoms with Crippen molar-refractivity contribution in [3.05, 3.63) is 33.0 Å². The molecule has 0 spiro atoms. The number of hydrogen-bond acceptors (Lipinski definition) is 6. The number of hydrogen-bond donors (Lipinski definition) is 2. The minimum absolute atomic E-state index is 0.227. The molecule has 0 aliphatic heterocycles. The molecule has 5 nitrogen and oxygen atoms in total. The van der Waals surface area contributed by atoms with E-state index in [4.69, 9.17) is 5.73 Å². The van der Waals surface area contributed by atoms with Gasteiger partial charge in [-0.15, -0.1) is 16.4 Å². The van der Waals surface area contributed by atoms with Gasteiger partial charge in [0.05, 0.1) is 13.1 Å². The summed E-state index contributed by atoms with van der Waals surface area (Å²) in [5.74, 6) is 5.54. The first kappa shape index (κ1) is 12.7. The van der Waals surface area contributed by atoms with Crippen molar-refractivity contribution < 1.29 is 4.79 Å². The number of carbonyl (C=O) groups excluding carboxylic acids is 1.